The lowest BCUT2D eigenvalue weighted by Gasteiger charge is -2.17. The molecular formula is C32H30N2O5. The van der Waals surface area contributed by atoms with Gasteiger partial charge in [-0.05, 0) is 58.0 Å². The SMILES string of the molecule is O=C(NC(=O)c1ccc(OCCOCc2ccccc2)cc1CCO)NC1c2ccccc2-c2ccccc21. The normalized spacial score (nSPS) is 11.9. The summed E-state index contributed by atoms with van der Waals surface area (Å²) >= 11 is 0. The number of carbonyl (C=O) groups excluding carboxylic acids is 2. The minimum Gasteiger partial charge on any atom is -0.491 e. The molecule has 0 aromatic heterocycles. The van der Waals surface area contributed by atoms with E-state index in [1.807, 2.05) is 78.9 Å². The molecule has 0 aliphatic heterocycles. The lowest BCUT2D eigenvalue weighted by atomic mass is 10.0. The largest absolute Gasteiger partial charge is 0.491 e. The standard InChI is InChI=1S/C32H30N2O5/c35-17-16-23-20-24(39-19-18-38-21-22-8-2-1-3-9-22)14-15-25(23)31(36)34-32(37)33-30-28-12-6-4-10-26(28)27-11-5-7-13-29(27)30/h1-15,20,30,35H,16-19,21H2,(H2,33,34,36,37). The Bertz CT molecular complexity index is 1410. The van der Waals surface area contributed by atoms with Crippen molar-refractivity contribution in [2.24, 2.45) is 0 Å². The number of aliphatic hydroxyl groups is 1. The zero-order chi connectivity index (χ0) is 27.0. The number of imide groups is 1. The van der Waals surface area contributed by atoms with E-state index >= 15 is 0 Å². The number of rotatable bonds is 10. The molecule has 4 aromatic carbocycles. The fourth-order valence-corrected chi connectivity index (χ4v) is 4.84. The van der Waals surface area contributed by atoms with Gasteiger partial charge in [0.1, 0.15) is 12.4 Å². The zero-order valence-corrected chi connectivity index (χ0v) is 21.4. The highest BCUT2D eigenvalue weighted by Gasteiger charge is 2.29. The summed E-state index contributed by atoms with van der Waals surface area (Å²) in [6, 6.07) is 29.7. The second kappa shape index (κ2) is 12.4. The highest BCUT2D eigenvalue weighted by molar-refractivity contribution is 6.05. The van der Waals surface area contributed by atoms with Crippen molar-refractivity contribution < 1.29 is 24.2 Å². The van der Waals surface area contributed by atoms with Gasteiger partial charge in [-0.2, -0.15) is 0 Å². The average molecular weight is 523 g/mol. The molecule has 0 bridgehead atoms. The van der Waals surface area contributed by atoms with E-state index in [0.29, 0.717) is 36.7 Å². The van der Waals surface area contributed by atoms with E-state index in [1.165, 1.54) is 0 Å². The predicted molar refractivity (Wildman–Crippen MR) is 149 cm³/mol. The third kappa shape index (κ3) is 6.17. The third-order valence-corrected chi connectivity index (χ3v) is 6.65. The summed E-state index contributed by atoms with van der Waals surface area (Å²) < 4.78 is 11.4. The van der Waals surface area contributed by atoms with Crippen molar-refractivity contribution in [3.05, 3.63) is 125 Å². The number of fused-ring (bicyclic) bond motifs is 3. The highest BCUT2D eigenvalue weighted by Crippen LogP contribution is 2.42. The molecule has 0 atom stereocenters. The van der Waals surface area contributed by atoms with Crippen molar-refractivity contribution in [1.29, 1.82) is 0 Å². The van der Waals surface area contributed by atoms with Crippen LogP contribution in [0.5, 0.6) is 5.75 Å². The molecule has 5 rings (SSSR count). The van der Waals surface area contributed by atoms with E-state index < -0.39 is 11.9 Å². The molecule has 1 aliphatic carbocycles. The summed E-state index contributed by atoms with van der Waals surface area (Å²) in [7, 11) is 0. The number of amides is 3. The smallest absolute Gasteiger partial charge is 0.322 e. The summed E-state index contributed by atoms with van der Waals surface area (Å²) in [5, 5.41) is 15.0. The van der Waals surface area contributed by atoms with Crippen molar-refractivity contribution in [1.82, 2.24) is 10.6 Å². The minimum absolute atomic E-state index is 0.147. The number of urea groups is 1. The van der Waals surface area contributed by atoms with Crippen molar-refractivity contribution in [3.63, 3.8) is 0 Å². The molecule has 0 saturated carbocycles. The van der Waals surface area contributed by atoms with Crippen LogP contribution in [0, 0.1) is 0 Å². The van der Waals surface area contributed by atoms with Gasteiger partial charge in [0.15, 0.2) is 0 Å². The molecule has 7 heteroatoms. The molecule has 39 heavy (non-hydrogen) atoms. The van der Waals surface area contributed by atoms with E-state index in [0.717, 1.165) is 27.8 Å². The molecular weight excluding hydrogens is 492 g/mol. The molecule has 3 N–H and O–H groups in total. The average Bonchev–Trinajstić information content (AvgIpc) is 3.27. The van der Waals surface area contributed by atoms with E-state index in [9.17, 15) is 14.7 Å². The first kappa shape index (κ1) is 26.2. The van der Waals surface area contributed by atoms with Crippen LogP contribution in [-0.4, -0.2) is 36.9 Å². The van der Waals surface area contributed by atoms with Crippen molar-refractivity contribution in [2.45, 2.75) is 19.1 Å². The highest BCUT2D eigenvalue weighted by atomic mass is 16.5. The molecule has 7 nitrogen and oxygen atoms in total. The van der Waals surface area contributed by atoms with Crippen LogP contribution in [0.15, 0.2) is 97.1 Å². The minimum atomic E-state index is -0.595. The maximum Gasteiger partial charge on any atom is 0.322 e. The Kier molecular flexibility index (Phi) is 8.31. The lowest BCUT2D eigenvalue weighted by molar-refractivity contribution is 0.0888. The first-order chi connectivity index (χ1) is 19.1. The van der Waals surface area contributed by atoms with E-state index in [4.69, 9.17) is 9.47 Å². The third-order valence-electron chi connectivity index (χ3n) is 6.65. The molecule has 0 heterocycles. The predicted octanol–water partition coefficient (Wildman–Crippen LogP) is 5.03. The summed E-state index contributed by atoms with van der Waals surface area (Å²) in [6.45, 7) is 1.09. The van der Waals surface area contributed by atoms with E-state index in [2.05, 4.69) is 10.6 Å². The van der Waals surface area contributed by atoms with Crippen LogP contribution in [0.3, 0.4) is 0 Å². The number of aliphatic hydroxyl groups excluding tert-OH is 1. The van der Waals surface area contributed by atoms with Crippen molar-refractivity contribution in [3.8, 4) is 16.9 Å². The van der Waals surface area contributed by atoms with Crippen LogP contribution in [0.1, 0.15) is 38.7 Å². The fourth-order valence-electron chi connectivity index (χ4n) is 4.84. The molecule has 0 saturated heterocycles. The molecule has 0 radical (unpaired) electrons. The Morgan fingerprint density at radius 2 is 1.46 bits per heavy atom. The van der Waals surface area contributed by atoms with Crippen LogP contribution in [0.25, 0.3) is 11.1 Å². The molecule has 3 amide bonds. The van der Waals surface area contributed by atoms with Gasteiger partial charge in [0.05, 0.1) is 19.3 Å². The van der Waals surface area contributed by atoms with Crippen LogP contribution < -0.4 is 15.4 Å². The van der Waals surface area contributed by atoms with Crippen LogP contribution in [0.2, 0.25) is 0 Å². The van der Waals surface area contributed by atoms with Crippen molar-refractivity contribution in [2.75, 3.05) is 19.8 Å². The second-order valence-corrected chi connectivity index (χ2v) is 9.21. The topological polar surface area (TPSA) is 96.9 Å². The number of nitrogens with one attached hydrogen (secondary N) is 2. The number of benzene rings is 4. The van der Waals surface area contributed by atoms with Crippen molar-refractivity contribution >= 4 is 11.9 Å². The van der Waals surface area contributed by atoms with Gasteiger partial charge in [-0.15, -0.1) is 0 Å². The fraction of sp³-hybridized carbons (Fsp3) is 0.188. The maximum absolute atomic E-state index is 13.0. The Balaban J connectivity index is 1.19. The summed E-state index contributed by atoms with van der Waals surface area (Å²) in [5.41, 5.74) is 6.07. The van der Waals surface area contributed by atoms with Gasteiger partial charge in [-0.25, -0.2) is 4.79 Å². The quantitative estimate of drug-likeness (QED) is 0.254. The Labute approximate surface area is 227 Å². The van der Waals surface area contributed by atoms with Gasteiger partial charge >= 0.3 is 6.03 Å². The Morgan fingerprint density at radius 1 is 0.795 bits per heavy atom. The molecule has 198 valence electrons. The second-order valence-electron chi connectivity index (χ2n) is 9.21. The maximum atomic E-state index is 13.0. The van der Waals surface area contributed by atoms with Gasteiger partial charge in [0, 0.05) is 12.2 Å². The molecule has 0 unspecified atom stereocenters. The summed E-state index contributed by atoms with van der Waals surface area (Å²) in [4.78, 5) is 26.0. The number of carbonyl (C=O) groups is 2. The molecule has 0 fully saturated rings. The first-order valence-electron chi connectivity index (χ1n) is 12.9. The Morgan fingerprint density at radius 3 is 2.15 bits per heavy atom. The van der Waals surface area contributed by atoms with Gasteiger partial charge < -0.3 is 19.9 Å². The molecule has 4 aromatic rings. The zero-order valence-electron chi connectivity index (χ0n) is 21.4. The summed E-state index contributed by atoms with van der Waals surface area (Å²) in [6.07, 6.45) is 0.245. The first-order valence-corrected chi connectivity index (χ1v) is 12.9. The number of hydrogen-bond donors (Lipinski definition) is 3. The van der Waals surface area contributed by atoms with Gasteiger partial charge in [-0.1, -0.05) is 78.9 Å². The lowest BCUT2D eigenvalue weighted by Crippen LogP contribution is -2.41. The van der Waals surface area contributed by atoms with E-state index in [-0.39, 0.29) is 19.1 Å². The molecule has 1 aliphatic rings. The van der Waals surface area contributed by atoms with Crippen LogP contribution >= 0.6 is 0 Å². The van der Waals surface area contributed by atoms with Gasteiger partial charge in [-0.3, -0.25) is 10.1 Å². The monoisotopic (exact) mass is 522 g/mol. The van der Waals surface area contributed by atoms with Crippen LogP contribution in [0.4, 0.5) is 4.79 Å². The molecule has 0 spiro atoms. The van der Waals surface area contributed by atoms with Gasteiger partial charge in [0.25, 0.3) is 5.91 Å². The van der Waals surface area contributed by atoms with E-state index in [1.54, 1.807) is 18.2 Å². The summed E-state index contributed by atoms with van der Waals surface area (Å²) in [5.74, 6) is 0.00944. The van der Waals surface area contributed by atoms with Crippen LogP contribution in [-0.2, 0) is 17.8 Å². The number of ether oxygens (including phenoxy) is 2. The van der Waals surface area contributed by atoms with Gasteiger partial charge in [0.2, 0.25) is 0 Å². The Hall–Kier alpha value is -4.46. The number of hydrogen-bond acceptors (Lipinski definition) is 5.